The fourth-order valence-corrected chi connectivity index (χ4v) is 1.69. The summed E-state index contributed by atoms with van der Waals surface area (Å²) in [5.74, 6) is 0. The zero-order chi connectivity index (χ0) is 10.6. The number of benzene rings is 1. The molecule has 0 aliphatic heterocycles. The molecule has 0 aliphatic carbocycles. The van der Waals surface area contributed by atoms with E-state index in [0.717, 1.165) is 24.8 Å². The molecular weight excluding hydrogens is 200 g/mol. The van der Waals surface area contributed by atoms with E-state index in [1.165, 1.54) is 12.1 Å². The molecule has 0 fully saturated rings. The largest absolute Gasteiger partial charge is 0.294 e. The molecule has 1 aromatic rings. The third-order valence-electron chi connectivity index (χ3n) is 2.04. The van der Waals surface area contributed by atoms with Crippen molar-refractivity contribution in [3.63, 3.8) is 0 Å². The van der Waals surface area contributed by atoms with Crippen molar-refractivity contribution in [2.24, 2.45) is 0 Å². The van der Waals surface area contributed by atoms with E-state index in [1.807, 2.05) is 0 Å². The van der Waals surface area contributed by atoms with Crippen LogP contribution in [0.15, 0.2) is 29.2 Å². The summed E-state index contributed by atoms with van der Waals surface area (Å²) in [7, 11) is -4.04. The summed E-state index contributed by atoms with van der Waals surface area (Å²) in [4.78, 5) is -0.0438. The maximum Gasteiger partial charge on any atom is 0.294 e. The third kappa shape index (κ3) is 3.12. The summed E-state index contributed by atoms with van der Waals surface area (Å²) < 4.78 is 30.2. The van der Waals surface area contributed by atoms with Crippen LogP contribution in [0.4, 0.5) is 0 Å². The van der Waals surface area contributed by atoms with Crippen LogP contribution in [0.3, 0.4) is 0 Å². The van der Waals surface area contributed by atoms with E-state index in [2.05, 4.69) is 6.92 Å². The lowest BCUT2D eigenvalue weighted by molar-refractivity contribution is 0.483. The molecule has 14 heavy (non-hydrogen) atoms. The summed E-state index contributed by atoms with van der Waals surface area (Å²) >= 11 is 0. The zero-order valence-corrected chi connectivity index (χ0v) is 8.92. The Morgan fingerprint density at radius 3 is 2.21 bits per heavy atom. The molecule has 1 rings (SSSR count). The van der Waals surface area contributed by atoms with Gasteiger partial charge in [-0.15, -0.1) is 0 Å². The minimum atomic E-state index is -4.04. The van der Waals surface area contributed by atoms with Crippen molar-refractivity contribution in [3.8, 4) is 0 Å². The van der Waals surface area contributed by atoms with Gasteiger partial charge in [0.2, 0.25) is 0 Å². The first kappa shape index (κ1) is 11.2. The molecule has 0 saturated carbocycles. The summed E-state index contributed by atoms with van der Waals surface area (Å²) in [5, 5.41) is 0. The number of hydrogen-bond donors (Lipinski definition) is 1. The van der Waals surface area contributed by atoms with Crippen LogP contribution >= 0.6 is 0 Å². The maximum atomic E-state index is 10.7. The Morgan fingerprint density at radius 1 is 1.21 bits per heavy atom. The average molecular weight is 214 g/mol. The normalized spacial score (nSPS) is 11.6. The molecule has 1 N–H and O–H groups in total. The molecule has 4 heteroatoms. The Labute approximate surface area is 84.5 Å². The summed E-state index contributed by atoms with van der Waals surface area (Å²) in [6.45, 7) is 2.10. The molecule has 0 saturated heterocycles. The lowest BCUT2D eigenvalue weighted by atomic mass is 10.1. The Kier molecular flexibility index (Phi) is 3.66. The molecule has 0 aliphatic rings. The topological polar surface area (TPSA) is 54.4 Å². The van der Waals surface area contributed by atoms with E-state index in [4.69, 9.17) is 4.55 Å². The highest BCUT2D eigenvalue weighted by atomic mass is 32.2. The Balaban J connectivity index is 2.79. The lowest BCUT2D eigenvalue weighted by Gasteiger charge is -2.00. The average Bonchev–Trinajstić information content (AvgIpc) is 2.14. The molecule has 78 valence electrons. The molecule has 1 aromatic carbocycles. The van der Waals surface area contributed by atoms with Crippen molar-refractivity contribution in [2.75, 3.05) is 0 Å². The minimum absolute atomic E-state index is 0.0438. The van der Waals surface area contributed by atoms with Crippen LogP contribution in [0.1, 0.15) is 25.3 Å². The highest BCUT2D eigenvalue weighted by molar-refractivity contribution is 7.85. The van der Waals surface area contributed by atoms with Crippen LogP contribution in [0.2, 0.25) is 0 Å². The Morgan fingerprint density at radius 2 is 1.79 bits per heavy atom. The zero-order valence-electron chi connectivity index (χ0n) is 8.10. The third-order valence-corrected chi connectivity index (χ3v) is 2.91. The van der Waals surface area contributed by atoms with Crippen molar-refractivity contribution in [1.29, 1.82) is 0 Å². The number of rotatable bonds is 4. The molecule has 0 spiro atoms. The molecule has 0 atom stereocenters. The van der Waals surface area contributed by atoms with Crippen molar-refractivity contribution in [1.82, 2.24) is 0 Å². The van der Waals surface area contributed by atoms with Gasteiger partial charge in [0.05, 0.1) is 4.90 Å². The van der Waals surface area contributed by atoms with Gasteiger partial charge in [-0.25, -0.2) is 0 Å². The minimum Gasteiger partial charge on any atom is -0.282 e. The molecule has 0 aromatic heterocycles. The van der Waals surface area contributed by atoms with Gasteiger partial charge in [0.15, 0.2) is 0 Å². The van der Waals surface area contributed by atoms with Crippen molar-refractivity contribution >= 4 is 10.1 Å². The van der Waals surface area contributed by atoms with E-state index in [1.54, 1.807) is 12.1 Å². The van der Waals surface area contributed by atoms with E-state index in [-0.39, 0.29) is 4.90 Å². The monoisotopic (exact) mass is 214 g/mol. The van der Waals surface area contributed by atoms with Gasteiger partial charge in [0.25, 0.3) is 10.1 Å². The van der Waals surface area contributed by atoms with E-state index >= 15 is 0 Å². The first-order valence-electron chi connectivity index (χ1n) is 4.60. The van der Waals surface area contributed by atoms with Gasteiger partial charge in [0, 0.05) is 0 Å². The van der Waals surface area contributed by atoms with Crippen LogP contribution in [-0.4, -0.2) is 13.0 Å². The van der Waals surface area contributed by atoms with Crippen molar-refractivity contribution in [2.45, 2.75) is 31.1 Å². The summed E-state index contributed by atoms with van der Waals surface area (Å²) in [6.07, 6.45) is 3.15. The molecule has 0 radical (unpaired) electrons. The number of hydrogen-bond acceptors (Lipinski definition) is 2. The molecule has 0 bridgehead atoms. The highest BCUT2D eigenvalue weighted by Crippen LogP contribution is 2.11. The predicted molar refractivity (Wildman–Crippen MR) is 54.9 cm³/mol. The van der Waals surface area contributed by atoms with Crippen LogP contribution in [0, 0.1) is 0 Å². The second-order valence-electron chi connectivity index (χ2n) is 3.22. The SMILES string of the molecule is CCCCc1ccc(S(=O)(=O)O)cc1. The fourth-order valence-electron chi connectivity index (χ4n) is 1.21. The van der Waals surface area contributed by atoms with E-state index in [0.29, 0.717) is 0 Å². The maximum absolute atomic E-state index is 10.7. The first-order valence-corrected chi connectivity index (χ1v) is 6.04. The highest BCUT2D eigenvalue weighted by Gasteiger charge is 2.07. The second kappa shape index (κ2) is 4.57. The van der Waals surface area contributed by atoms with Gasteiger partial charge in [0.1, 0.15) is 0 Å². The van der Waals surface area contributed by atoms with Crippen LogP contribution < -0.4 is 0 Å². The van der Waals surface area contributed by atoms with E-state index in [9.17, 15) is 8.42 Å². The van der Waals surface area contributed by atoms with Gasteiger partial charge in [-0.05, 0) is 30.5 Å². The summed E-state index contributed by atoms with van der Waals surface area (Å²) in [6, 6.07) is 6.33. The van der Waals surface area contributed by atoms with Crippen molar-refractivity contribution in [3.05, 3.63) is 29.8 Å². The number of unbranched alkanes of at least 4 members (excludes halogenated alkanes) is 1. The van der Waals surface area contributed by atoms with Crippen LogP contribution in [-0.2, 0) is 16.5 Å². The quantitative estimate of drug-likeness (QED) is 0.782. The van der Waals surface area contributed by atoms with Gasteiger partial charge in [-0.3, -0.25) is 4.55 Å². The van der Waals surface area contributed by atoms with Crippen LogP contribution in [0.25, 0.3) is 0 Å². The van der Waals surface area contributed by atoms with Gasteiger partial charge in [-0.1, -0.05) is 25.5 Å². The lowest BCUT2D eigenvalue weighted by Crippen LogP contribution is -1.97. The Hall–Kier alpha value is -0.870. The predicted octanol–water partition coefficient (Wildman–Crippen LogP) is 2.28. The smallest absolute Gasteiger partial charge is 0.282 e. The van der Waals surface area contributed by atoms with Gasteiger partial charge in [-0.2, -0.15) is 8.42 Å². The van der Waals surface area contributed by atoms with Gasteiger partial charge < -0.3 is 0 Å². The molecule has 0 amide bonds. The van der Waals surface area contributed by atoms with E-state index < -0.39 is 10.1 Å². The standard InChI is InChI=1S/C10H14O3S/c1-2-3-4-9-5-7-10(8-6-9)14(11,12)13/h5-8H,2-4H2,1H3,(H,11,12,13). The molecule has 0 unspecified atom stereocenters. The number of aryl methyl sites for hydroxylation is 1. The van der Waals surface area contributed by atoms with Gasteiger partial charge >= 0.3 is 0 Å². The van der Waals surface area contributed by atoms with Crippen molar-refractivity contribution < 1.29 is 13.0 Å². The molecule has 3 nitrogen and oxygen atoms in total. The summed E-state index contributed by atoms with van der Waals surface area (Å²) in [5.41, 5.74) is 1.10. The fraction of sp³-hybridized carbons (Fsp3) is 0.400. The van der Waals surface area contributed by atoms with Crippen LogP contribution in [0.5, 0.6) is 0 Å². The second-order valence-corrected chi connectivity index (χ2v) is 4.64. The Bertz CT molecular complexity index is 378. The molecular formula is C10H14O3S. The first-order chi connectivity index (χ1) is 6.54. The molecule has 0 heterocycles.